The molecule has 0 atom stereocenters. The van der Waals surface area contributed by atoms with Gasteiger partial charge in [0.1, 0.15) is 5.58 Å². The molecule has 0 bridgehead atoms. The molecule has 0 aliphatic heterocycles. The third-order valence-corrected chi connectivity index (χ3v) is 3.85. The van der Waals surface area contributed by atoms with Crippen molar-refractivity contribution in [2.75, 3.05) is 5.32 Å². The summed E-state index contributed by atoms with van der Waals surface area (Å²) in [5, 5.41) is 3.75. The minimum absolute atomic E-state index is 0.279. The van der Waals surface area contributed by atoms with E-state index in [1.54, 1.807) is 6.07 Å². The summed E-state index contributed by atoms with van der Waals surface area (Å²) in [6, 6.07) is 17.1. The van der Waals surface area contributed by atoms with Crippen molar-refractivity contribution in [3.63, 3.8) is 0 Å². The molecule has 4 rings (SSSR count). The number of nitrogens with one attached hydrogen (secondary N) is 1. The van der Waals surface area contributed by atoms with Crippen molar-refractivity contribution in [3.05, 3.63) is 60.4 Å². The number of aromatic nitrogens is 2. The lowest BCUT2D eigenvalue weighted by molar-refractivity contribution is 0.0997. The van der Waals surface area contributed by atoms with E-state index in [4.69, 9.17) is 4.42 Å². The second-order valence-electron chi connectivity index (χ2n) is 5.27. The summed E-state index contributed by atoms with van der Waals surface area (Å²) >= 11 is 0. The molecule has 1 N–H and O–H groups in total. The van der Waals surface area contributed by atoms with Crippen LogP contribution in [0.15, 0.2) is 59.0 Å². The molecule has 0 fully saturated rings. The van der Waals surface area contributed by atoms with E-state index in [0.717, 1.165) is 23.0 Å². The number of benzene rings is 2. The number of para-hydroxylation sites is 3. The number of rotatable bonds is 3. The van der Waals surface area contributed by atoms with Crippen LogP contribution in [0, 0.1) is 0 Å². The molecular formula is C18H15N3O2. The largest absolute Gasteiger partial charge is 0.451 e. The zero-order valence-electron chi connectivity index (χ0n) is 12.6. The minimum atomic E-state index is -0.300. The average Bonchev–Trinajstić information content (AvgIpc) is 3.15. The number of amides is 1. The number of fused-ring (bicyclic) bond motifs is 2. The molecule has 2 aromatic carbocycles. The van der Waals surface area contributed by atoms with E-state index in [9.17, 15) is 4.79 Å². The Hall–Kier alpha value is -3.08. The Kier molecular flexibility index (Phi) is 3.12. The van der Waals surface area contributed by atoms with Crippen molar-refractivity contribution in [2.45, 2.75) is 13.5 Å². The van der Waals surface area contributed by atoms with Crippen LogP contribution < -0.4 is 5.32 Å². The van der Waals surface area contributed by atoms with Gasteiger partial charge in [0.25, 0.3) is 5.91 Å². The number of anilines is 1. The van der Waals surface area contributed by atoms with Crippen molar-refractivity contribution in [1.29, 1.82) is 0 Å². The van der Waals surface area contributed by atoms with Crippen LogP contribution in [-0.4, -0.2) is 15.5 Å². The lowest BCUT2D eigenvalue weighted by atomic mass is 10.2. The highest BCUT2D eigenvalue weighted by molar-refractivity contribution is 6.04. The zero-order chi connectivity index (χ0) is 15.8. The molecule has 5 heteroatoms. The predicted octanol–water partition coefficient (Wildman–Crippen LogP) is 4.05. The first-order chi connectivity index (χ1) is 11.3. The Morgan fingerprint density at radius 1 is 1.17 bits per heavy atom. The van der Waals surface area contributed by atoms with Crippen LogP contribution in [0.4, 0.5) is 5.95 Å². The maximum Gasteiger partial charge on any atom is 0.293 e. The van der Waals surface area contributed by atoms with Crippen molar-refractivity contribution in [1.82, 2.24) is 9.55 Å². The highest BCUT2D eigenvalue weighted by Crippen LogP contribution is 2.22. The lowest BCUT2D eigenvalue weighted by Gasteiger charge is -2.06. The summed E-state index contributed by atoms with van der Waals surface area (Å²) in [6.45, 7) is 2.74. The van der Waals surface area contributed by atoms with E-state index in [1.165, 1.54) is 0 Å². The summed E-state index contributed by atoms with van der Waals surface area (Å²) in [5.74, 6) is 0.506. The molecule has 0 radical (unpaired) electrons. The number of aryl methyl sites for hydroxylation is 1. The normalized spacial score (nSPS) is 11.2. The highest BCUT2D eigenvalue weighted by atomic mass is 16.3. The monoisotopic (exact) mass is 305 g/mol. The summed E-state index contributed by atoms with van der Waals surface area (Å²) in [5.41, 5.74) is 2.55. The van der Waals surface area contributed by atoms with E-state index in [-0.39, 0.29) is 11.7 Å². The van der Waals surface area contributed by atoms with Crippen molar-refractivity contribution >= 4 is 33.9 Å². The molecule has 2 heterocycles. The van der Waals surface area contributed by atoms with Gasteiger partial charge in [-0.05, 0) is 31.2 Å². The first-order valence-corrected chi connectivity index (χ1v) is 7.51. The van der Waals surface area contributed by atoms with Gasteiger partial charge in [0, 0.05) is 11.9 Å². The van der Waals surface area contributed by atoms with Gasteiger partial charge in [0.2, 0.25) is 5.95 Å². The second-order valence-corrected chi connectivity index (χ2v) is 5.27. The van der Waals surface area contributed by atoms with Crippen LogP contribution in [0.2, 0.25) is 0 Å². The summed E-state index contributed by atoms with van der Waals surface area (Å²) in [7, 11) is 0. The smallest absolute Gasteiger partial charge is 0.293 e. The van der Waals surface area contributed by atoms with Gasteiger partial charge in [-0.2, -0.15) is 0 Å². The van der Waals surface area contributed by atoms with E-state index in [2.05, 4.69) is 10.3 Å². The molecule has 0 aliphatic rings. The predicted molar refractivity (Wildman–Crippen MR) is 89.6 cm³/mol. The Balaban J connectivity index is 1.71. The lowest BCUT2D eigenvalue weighted by Crippen LogP contribution is -2.15. The summed E-state index contributed by atoms with van der Waals surface area (Å²) in [6.07, 6.45) is 0. The van der Waals surface area contributed by atoms with Crippen LogP contribution in [-0.2, 0) is 6.54 Å². The maximum absolute atomic E-state index is 12.5. The molecule has 0 spiro atoms. The van der Waals surface area contributed by atoms with Gasteiger partial charge < -0.3 is 8.98 Å². The van der Waals surface area contributed by atoms with Crippen LogP contribution in [0.3, 0.4) is 0 Å². The van der Waals surface area contributed by atoms with Crippen LogP contribution >= 0.6 is 0 Å². The number of carbonyl (C=O) groups is 1. The van der Waals surface area contributed by atoms with Gasteiger partial charge in [-0.25, -0.2) is 4.98 Å². The molecule has 0 unspecified atom stereocenters. The fourth-order valence-electron chi connectivity index (χ4n) is 2.75. The maximum atomic E-state index is 12.5. The highest BCUT2D eigenvalue weighted by Gasteiger charge is 2.16. The topological polar surface area (TPSA) is 60.1 Å². The van der Waals surface area contributed by atoms with Crippen LogP contribution in [0.25, 0.3) is 22.0 Å². The van der Waals surface area contributed by atoms with Crippen LogP contribution in [0.5, 0.6) is 0 Å². The first-order valence-electron chi connectivity index (χ1n) is 7.51. The average molecular weight is 305 g/mol. The number of imidazole rings is 1. The summed E-state index contributed by atoms with van der Waals surface area (Å²) in [4.78, 5) is 17.0. The Labute approximate surface area is 132 Å². The molecule has 0 saturated carbocycles. The fourth-order valence-corrected chi connectivity index (χ4v) is 2.75. The third kappa shape index (κ3) is 2.26. The molecular weight excluding hydrogens is 290 g/mol. The van der Waals surface area contributed by atoms with Crippen LogP contribution in [0.1, 0.15) is 17.5 Å². The number of nitrogens with zero attached hydrogens (tertiary/aromatic N) is 2. The van der Waals surface area contributed by atoms with Crippen molar-refractivity contribution in [3.8, 4) is 0 Å². The Morgan fingerprint density at radius 3 is 2.78 bits per heavy atom. The number of hydrogen-bond donors (Lipinski definition) is 1. The Morgan fingerprint density at radius 2 is 1.96 bits per heavy atom. The Bertz CT molecular complexity index is 980. The van der Waals surface area contributed by atoms with E-state index in [1.807, 2.05) is 60.0 Å². The van der Waals surface area contributed by atoms with Gasteiger partial charge in [0.05, 0.1) is 11.0 Å². The molecule has 2 aromatic heterocycles. The zero-order valence-corrected chi connectivity index (χ0v) is 12.6. The second kappa shape index (κ2) is 5.28. The van der Waals surface area contributed by atoms with E-state index < -0.39 is 0 Å². The SMILES string of the molecule is CCn1c(NC(=O)c2cc3ccccc3o2)nc2ccccc21. The molecule has 4 aromatic rings. The third-order valence-electron chi connectivity index (χ3n) is 3.85. The standard InChI is InChI=1S/C18H15N3O2/c1-2-21-14-9-5-4-8-13(14)19-18(21)20-17(22)16-11-12-7-3-6-10-15(12)23-16/h3-11H,2H2,1H3,(H,19,20,22). The first kappa shape index (κ1) is 13.6. The molecule has 114 valence electrons. The molecule has 0 aliphatic carbocycles. The van der Waals surface area contributed by atoms with Gasteiger partial charge >= 0.3 is 0 Å². The molecule has 23 heavy (non-hydrogen) atoms. The number of furan rings is 1. The fraction of sp³-hybridized carbons (Fsp3) is 0.111. The molecule has 1 amide bonds. The molecule has 0 saturated heterocycles. The summed E-state index contributed by atoms with van der Waals surface area (Å²) < 4.78 is 7.57. The molecule has 5 nitrogen and oxygen atoms in total. The van der Waals surface area contributed by atoms with Gasteiger partial charge in [0.15, 0.2) is 5.76 Å². The van der Waals surface area contributed by atoms with Crippen molar-refractivity contribution in [2.24, 2.45) is 0 Å². The van der Waals surface area contributed by atoms with Gasteiger partial charge in [-0.3, -0.25) is 10.1 Å². The van der Waals surface area contributed by atoms with Gasteiger partial charge in [-0.1, -0.05) is 30.3 Å². The quantitative estimate of drug-likeness (QED) is 0.621. The van der Waals surface area contributed by atoms with Crippen molar-refractivity contribution < 1.29 is 9.21 Å². The van der Waals surface area contributed by atoms with E-state index >= 15 is 0 Å². The van der Waals surface area contributed by atoms with E-state index in [0.29, 0.717) is 11.5 Å². The number of carbonyl (C=O) groups excluding carboxylic acids is 1. The van der Waals surface area contributed by atoms with Gasteiger partial charge in [-0.15, -0.1) is 0 Å². The number of hydrogen-bond acceptors (Lipinski definition) is 3. The minimum Gasteiger partial charge on any atom is -0.451 e.